The molecule has 158 valence electrons. The van der Waals surface area contributed by atoms with Crippen molar-refractivity contribution < 1.29 is 14.7 Å². The summed E-state index contributed by atoms with van der Waals surface area (Å²) in [6.07, 6.45) is 0. The number of H-pyrrole nitrogens is 1. The predicted octanol–water partition coefficient (Wildman–Crippen LogP) is 4.22. The van der Waals surface area contributed by atoms with Crippen molar-refractivity contribution in [3.63, 3.8) is 0 Å². The second kappa shape index (κ2) is 9.03. The van der Waals surface area contributed by atoms with E-state index in [2.05, 4.69) is 72.9 Å². The van der Waals surface area contributed by atoms with Crippen LogP contribution in [0.25, 0.3) is 10.6 Å². The summed E-state index contributed by atoms with van der Waals surface area (Å²) in [4.78, 5) is 0. The van der Waals surface area contributed by atoms with Crippen LogP contribution in [0.15, 0.2) is 12.1 Å². The van der Waals surface area contributed by atoms with Crippen LogP contribution in [0.5, 0.6) is 5.75 Å². The van der Waals surface area contributed by atoms with Gasteiger partial charge in [-0.25, -0.2) is 0 Å². The molecular weight excluding hydrogens is 390 g/mol. The first-order valence-electron chi connectivity index (χ1n) is 9.40. The molecule has 0 unspecified atom stereocenters. The quantitative estimate of drug-likeness (QED) is 0.570. The van der Waals surface area contributed by atoms with Crippen LogP contribution in [-0.4, -0.2) is 54.1 Å². The smallest absolute Gasteiger partial charge is 0.176 e. The summed E-state index contributed by atoms with van der Waals surface area (Å²) >= 11 is 6.51. The molecule has 0 aliphatic heterocycles. The van der Waals surface area contributed by atoms with E-state index in [9.17, 15) is 5.11 Å². The molecule has 0 aliphatic carbocycles. The van der Waals surface area contributed by atoms with Crippen LogP contribution >= 0.6 is 23.6 Å². The van der Waals surface area contributed by atoms with Crippen LogP contribution in [0.2, 0.25) is 0 Å². The van der Waals surface area contributed by atoms with Gasteiger partial charge >= 0.3 is 0 Å². The summed E-state index contributed by atoms with van der Waals surface area (Å²) in [7, 11) is 6.16. The topological polar surface area (TPSA) is 72.0 Å². The van der Waals surface area contributed by atoms with Gasteiger partial charge in [0.05, 0.1) is 27.7 Å². The lowest BCUT2D eigenvalue weighted by molar-refractivity contribution is -0.870. The summed E-state index contributed by atoms with van der Waals surface area (Å²) in [5.41, 5.74) is 2.12. The molecule has 2 aromatic rings. The van der Waals surface area contributed by atoms with Crippen molar-refractivity contribution in [3.8, 4) is 16.3 Å². The Bertz CT molecular complexity index is 835. The highest BCUT2D eigenvalue weighted by molar-refractivity contribution is 7.73. The van der Waals surface area contributed by atoms with Crippen molar-refractivity contribution in [2.75, 3.05) is 34.3 Å². The van der Waals surface area contributed by atoms with Gasteiger partial charge < -0.3 is 14.7 Å². The van der Waals surface area contributed by atoms with Crippen molar-refractivity contribution in [2.45, 2.75) is 52.4 Å². The minimum Gasteiger partial charge on any atom is -0.872 e. The van der Waals surface area contributed by atoms with E-state index in [-0.39, 0.29) is 23.2 Å². The van der Waals surface area contributed by atoms with Gasteiger partial charge in [-0.05, 0) is 28.6 Å². The number of benzene rings is 1. The molecule has 0 saturated carbocycles. The molecule has 2 N–H and O–H groups in total. The zero-order valence-corrected chi connectivity index (χ0v) is 20.3. The molecule has 0 saturated heterocycles. The Morgan fingerprint density at radius 3 is 2.00 bits per heavy atom. The summed E-state index contributed by atoms with van der Waals surface area (Å²) in [6, 6.07) is 3.93. The predicted molar refractivity (Wildman–Crippen MR) is 120 cm³/mol. The number of aromatic nitrogens is 2. The van der Waals surface area contributed by atoms with Gasteiger partial charge in [-0.2, -0.15) is 5.10 Å². The van der Waals surface area contributed by atoms with Gasteiger partial charge in [0, 0.05) is 5.56 Å². The first-order chi connectivity index (χ1) is 12.6. The first-order valence-corrected chi connectivity index (χ1v) is 10.6. The second-order valence-corrected chi connectivity index (χ2v) is 11.7. The molecular formula is C21H35N3O2S2. The molecule has 0 amide bonds. The second-order valence-electron chi connectivity index (χ2n) is 10.0. The van der Waals surface area contributed by atoms with Crippen molar-refractivity contribution in [1.29, 1.82) is 0 Å². The van der Waals surface area contributed by atoms with Crippen LogP contribution < -0.4 is 5.11 Å². The largest absolute Gasteiger partial charge is 0.872 e. The fourth-order valence-corrected chi connectivity index (χ4v) is 3.66. The summed E-state index contributed by atoms with van der Waals surface area (Å²) in [6.45, 7) is 13.5. The molecule has 0 atom stereocenters. The van der Waals surface area contributed by atoms with Crippen molar-refractivity contribution in [2.24, 2.45) is 0 Å². The van der Waals surface area contributed by atoms with Crippen LogP contribution in [0.3, 0.4) is 0 Å². The Balaban J connectivity index is 0.000000480. The maximum Gasteiger partial charge on any atom is 0.176 e. The molecule has 0 fully saturated rings. The minimum atomic E-state index is -0.249. The maximum absolute atomic E-state index is 13.0. The van der Waals surface area contributed by atoms with E-state index >= 15 is 0 Å². The minimum absolute atomic E-state index is 0.119. The fourth-order valence-electron chi connectivity index (χ4n) is 2.74. The number of aromatic amines is 1. The van der Waals surface area contributed by atoms with E-state index in [1.807, 2.05) is 12.1 Å². The number of likely N-dealkylation sites (N-methyl/N-ethyl adjacent to an activating group) is 1. The Morgan fingerprint density at radius 2 is 1.68 bits per heavy atom. The number of rotatable bonds is 3. The van der Waals surface area contributed by atoms with Gasteiger partial charge in [0.2, 0.25) is 0 Å². The average Bonchev–Trinajstić information content (AvgIpc) is 2.90. The lowest BCUT2D eigenvalue weighted by atomic mass is 9.77. The SMILES string of the molecule is CC(C)(C)c1ccc(-c2n[nH]c(=S)s2)c(C(C)(C)C)c1[O-].C[N+](C)(C)CCO. The molecule has 2 rings (SSSR count). The summed E-state index contributed by atoms with van der Waals surface area (Å²) in [5.74, 6) is 0.119. The highest BCUT2D eigenvalue weighted by atomic mass is 32.1. The van der Waals surface area contributed by atoms with Crippen LogP contribution in [0.4, 0.5) is 0 Å². The third-order valence-electron chi connectivity index (χ3n) is 4.16. The number of aliphatic hydroxyl groups is 1. The van der Waals surface area contributed by atoms with Crippen LogP contribution in [0, 0.1) is 3.95 Å². The van der Waals surface area contributed by atoms with E-state index in [0.29, 0.717) is 3.95 Å². The summed E-state index contributed by atoms with van der Waals surface area (Å²) in [5, 5.41) is 29.2. The monoisotopic (exact) mass is 425 g/mol. The normalized spacial score (nSPS) is 12.5. The lowest BCUT2D eigenvalue weighted by Crippen LogP contribution is -2.36. The number of aliphatic hydroxyl groups excluding tert-OH is 1. The van der Waals surface area contributed by atoms with E-state index < -0.39 is 0 Å². The van der Waals surface area contributed by atoms with Gasteiger partial charge in [-0.1, -0.05) is 70.6 Å². The molecule has 7 heteroatoms. The Labute approximate surface area is 178 Å². The van der Waals surface area contributed by atoms with Crippen molar-refractivity contribution in [3.05, 3.63) is 27.2 Å². The molecule has 1 aromatic heterocycles. The lowest BCUT2D eigenvalue weighted by Gasteiger charge is -2.34. The van der Waals surface area contributed by atoms with E-state index in [1.165, 1.54) is 11.3 Å². The molecule has 28 heavy (non-hydrogen) atoms. The van der Waals surface area contributed by atoms with Gasteiger partial charge in [0.25, 0.3) is 0 Å². The number of nitrogens with one attached hydrogen (secondary N) is 1. The molecule has 1 aromatic carbocycles. The number of hydrogen-bond acceptors (Lipinski definition) is 5. The van der Waals surface area contributed by atoms with E-state index in [1.54, 1.807) is 0 Å². The van der Waals surface area contributed by atoms with Gasteiger partial charge in [-0.15, -0.1) is 5.75 Å². The number of hydrogen-bond donors (Lipinski definition) is 2. The first kappa shape index (κ1) is 24.8. The Hall–Kier alpha value is -1.28. The molecule has 0 aliphatic rings. The number of quaternary nitrogens is 1. The Kier molecular flexibility index (Phi) is 7.98. The van der Waals surface area contributed by atoms with Crippen LogP contribution in [0.1, 0.15) is 52.7 Å². The van der Waals surface area contributed by atoms with Crippen LogP contribution in [-0.2, 0) is 10.8 Å². The third-order valence-corrected chi connectivity index (χ3v) is 5.28. The molecule has 0 radical (unpaired) electrons. The maximum atomic E-state index is 13.0. The van der Waals surface area contributed by atoms with Crippen molar-refractivity contribution in [1.82, 2.24) is 10.2 Å². The van der Waals surface area contributed by atoms with E-state index in [4.69, 9.17) is 17.3 Å². The summed E-state index contributed by atoms with van der Waals surface area (Å²) < 4.78 is 1.47. The Morgan fingerprint density at radius 1 is 1.11 bits per heavy atom. The standard InChI is InChI=1S/C16H22N2OS2.C5H14NO/c1-15(2,3)10-8-7-9(13-17-18-14(20)21-13)11(12(10)19)16(4,5)6;1-6(2,3)4-5-7/h7-8,19H,1-6H3,(H,18,20);7H,4-5H2,1-3H3/q;+1/p-1. The van der Waals surface area contributed by atoms with Crippen molar-refractivity contribution >= 4 is 23.6 Å². The third kappa shape index (κ3) is 6.95. The molecule has 0 bridgehead atoms. The zero-order chi connectivity index (χ0) is 21.9. The highest BCUT2D eigenvalue weighted by Gasteiger charge is 2.25. The molecule has 1 heterocycles. The fraction of sp³-hybridized carbons (Fsp3) is 0.619. The molecule has 5 nitrogen and oxygen atoms in total. The van der Waals surface area contributed by atoms with Gasteiger partial charge in [-0.3, -0.25) is 5.10 Å². The number of nitrogens with zero attached hydrogens (tertiary/aromatic N) is 2. The molecule has 0 spiro atoms. The van der Waals surface area contributed by atoms with E-state index in [0.717, 1.165) is 32.7 Å². The zero-order valence-electron chi connectivity index (χ0n) is 18.6. The average molecular weight is 426 g/mol. The van der Waals surface area contributed by atoms with Gasteiger partial charge in [0.1, 0.15) is 11.6 Å². The highest BCUT2D eigenvalue weighted by Crippen LogP contribution is 2.43. The van der Waals surface area contributed by atoms with Gasteiger partial charge in [0.15, 0.2) is 3.95 Å².